The Kier molecular flexibility index (Phi) is 4.54. The zero-order valence-electron chi connectivity index (χ0n) is 13.0. The van der Waals surface area contributed by atoms with Crippen LogP contribution in [-0.2, 0) is 21.0 Å². The highest BCUT2D eigenvalue weighted by molar-refractivity contribution is 7.89. The average molecular weight is 378 g/mol. The molecule has 2 N–H and O–H groups in total. The van der Waals surface area contributed by atoms with E-state index < -0.39 is 33.7 Å². The fraction of sp³-hybridized carbons (Fsp3) is 0.533. The summed E-state index contributed by atoms with van der Waals surface area (Å²) in [6.45, 7) is 0. The second-order valence-electron chi connectivity index (χ2n) is 6.34. The van der Waals surface area contributed by atoms with Gasteiger partial charge in [0.15, 0.2) is 0 Å². The summed E-state index contributed by atoms with van der Waals surface area (Å²) >= 11 is 0. The number of sulfonamides is 1. The first kappa shape index (κ1) is 18.2. The van der Waals surface area contributed by atoms with Gasteiger partial charge >= 0.3 is 6.18 Å². The fourth-order valence-electron chi connectivity index (χ4n) is 3.83. The quantitative estimate of drug-likeness (QED) is 0.623. The van der Waals surface area contributed by atoms with Gasteiger partial charge in [-0.1, -0.05) is 6.42 Å². The normalized spacial score (nSPS) is 27.3. The van der Waals surface area contributed by atoms with E-state index in [9.17, 15) is 26.4 Å². The molecule has 0 bridgehead atoms. The maximum atomic E-state index is 13.0. The first-order valence-electron chi connectivity index (χ1n) is 7.81. The van der Waals surface area contributed by atoms with E-state index in [4.69, 9.17) is 5.21 Å². The van der Waals surface area contributed by atoms with Crippen molar-refractivity contribution in [3.63, 3.8) is 0 Å². The van der Waals surface area contributed by atoms with Gasteiger partial charge < -0.3 is 0 Å². The van der Waals surface area contributed by atoms with Gasteiger partial charge in [0.05, 0.1) is 10.5 Å². The SMILES string of the molecule is O=C(NO)[C@H]1C[C@H]2CCC[C@H]2N1S(=O)(=O)c1ccc(C(F)(F)F)cc1. The third-order valence-electron chi connectivity index (χ3n) is 4.95. The Balaban J connectivity index is 1.97. The summed E-state index contributed by atoms with van der Waals surface area (Å²) < 4.78 is 65.0. The molecule has 0 unspecified atom stereocenters. The van der Waals surface area contributed by atoms with Gasteiger partial charge in [0.1, 0.15) is 6.04 Å². The predicted octanol–water partition coefficient (Wildman–Crippen LogP) is 2.14. The molecule has 1 aromatic carbocycles. The minimum Gasteiger partial charge on any atom is -0.289 e. The van der Waals surface area contributed by atoms with Crippen molar-refractivity contribution in [1.82, 2.24) is 9.79 Å². The molecule has 3 rings (SSSR count). The van der Waals surface area contributed by atoms with Crippen LogP contribution in [0.25, 0.3) is 0 Å². The summed E-state index contributed by atoms with van der Waals surface area (Å²) in [5.41, 5.74) is 0.537. The highest BCUT2D eigenvalue weighted by Gasteiger charge is 2.52. The Morgan fingerprint density at radius 2 is 1.84 bits per heavy atom. The molecule has 0 spiro atoms. The van der Waals surface area contributed by atoms with Crippen molar-refractivity contribution in [1.29, 1.82) is 0 Å². The van der Waals surface area contributed by atoms with E-state index in [2.05, 4.69) is 0 Å². The van der Waals surface area contributed by atoms with E-state index in [1.807, 2.05) is 0 Å². The van der Waals surface area contributed by atoms with Crippen molar-refractivity contribution in [2.75, 3.05) is 0 Å². The van der Waals surface area contributed by atoms with Gasteiger partial charge in [-0.3, -0.25) is 10.0 Å². The van der Waals surface area contributed by atoms with Crippen LogP contribution in [0.3, 0.4) is 0 Å². The maximum Gasteiger partial charge on any atom is 0.416 e. The Morgan fingerprint density at radius 3 is 2.40 bits per heavy atom. The second kappa shape index (κ2) is 6.26. The van der Waals surface area contributed by atoms with Gasteiger partial charge in [0.2, 0.25) is 10.0 Å². The Labute approximate surface area is 142 Å². The lowest BCUT2D eigenvalue weighted by atomic mass is 10.0. The van der Waals surface area contributed by atoms with Gasteiger partial charge in [-0.2, -0.15) is 17.5 Å². The zero-order valence-corrected chi connectivity index (χ0v) is 13.8. The van der Waals surface area contributed by atoms with Crippen LogP contribution in [0.15, 0.2) is 29.2 Å². The number of benzene rings is 1. The van der Waals surface area contributed by atoms with Crippen LogP contribution in [-0.4, -0.2) is 35.9 Å². The summed E-state index contributed by atoms with van der Waals surface area (Å²) in [6, 6.07) is 1.76. The van der Waals surface area contributed by atoms with E-state index in [0.29, 0.717) is 18.6 Å². The van der Waals surface area contributed by atoms with Crippen molar-refractivity contribution in [2.24, 2.45) is 5.92 Å². The minimum atomic E-state index is -4.56. The van der Waals surface area contributed by atoms with E-state index in [0.717, 1.165) is 29.3 Å². The first-order valence-corrected chi connectivity index (χ1v) is 9.25. The Morgan fingerprint density at radius 1 is 1.20 bits per heavy atom. The number of carbonyl (C=O) groups is 1. The van der Waals surface area contributed by atoms with Gasteiger partial charge in [0.25, 0.3) is 5.91 Å². The summed E-state index contributed by atoms with van der Waals surface area (Å²) in [5.74, 6) is -0.823. The molecule has 2 fully saturated rings. The summed E-state index contributed by atoms with van der Waals surface area (Å²) in [6.07, 6.45) is -2.09. The number of hydrogen-bond acceptors (Lipinski definition) is 4. The number of alkyl halides is 3. The molecule has 6 nitrogen and oxygen atoms in total. The van der Waals surface area contributed by atoms with Crippen LogP contribution in [0, 0.1) is 5.92 Å². The number of hydrogen-bond donors (Lipinski definition) is 2. The van der Waals surface area contributed by atoms with Gasteiger partial charge in [-0.05, 0) is 49.4 Å². The number of hydroxylamine groups is 1. The molecular weight excluding hydrogens is 361 g/mol. The third kappa shape index (κ3) is 3.13. The molecule has 2 aliphatic rings. The summed E-state index contributed by atoms with van der Waals surface area (Å²) in [7, 11) is -4.17. The lowest BCUT2D eigenvalue weighted by molar-refractivity contribution is -0.137. The lowest BCUT2D eigenvalue weighted by Gasteiger charge is -2.27. The van der Waals surface area contributed by atoms with E-state index in [-0.39, 0.29) is 23.3 Å². The Bertz CT molecular complexity index is 764. The van der Waals surface area contributed by atoms with Crippen LogP contribution in [0.4, 0.5) is 13.2 Å². The number of halogens is 3. The van der Waals surface area contributed by atoms with Crippen molar-refractivity contribution in [3.8, 4) is 0 Å². The molecule has 0 radical (unpaired) electrons. The highest BCUT2D eigenvalue weighted by Crippen LogP contribution is 2.44. The summed E-state index contributed by atoms with van der Waals surface area (Å²) in [5, 5.41) is 8.89. The number of rotatable bonds is 3. The first-order chi connectivity index (χ1) is 11.7. The van der Waals surface area contributed by atoms with E-state index >= 15 is 0 Å². The number of amides is 1. The number of nitrogens with zero attached hydrogens (tertiary/aromatic N) is 1. The molecule has 25 heavy (non-hydrogen) atoms. The van der Waals surface area contributed by atoms with Crippen molar-refractivity contribution < 1.29 is 31.6 Å². The largest absolute Gasteiger partial charge is 0.416 e. The second-order valence-corrected chi connectivity index (χ2v) is 8.19. The zero-order chi connectivity index (χ0) is 18.4. The molecule has 0 aromatic heterocycles. The molecule has 1 aliphatic heterocycles. The van der Waals surface area contributed by atoms with E-state index in [1.54, 1.807) is 0 Å². The van der Waals surface area contributed by atoms with Gasteiger partial charge in [-0.25, -0.2) is 13.9 Å². The van der Waals surface area contributed by atoms with Crippen LogP contribution in [0.1, 0.15) is 31.2 Å². The molecule has 1 aliphatic carbocycles. The van der Waals surface area contributed by atoms with Gasteiger partial charge in [0, 0.05) is 6.04 Å². The van der Waals surface area contributed by atoms with Crippen molar-refractivity contribution in [2.45, 2.75) is 48.8 Å². The smallest absolute Gasteiger partial charge is 0.289 e. The topological polar surface area (TPSA) is 86.7 Å². The van der Waals surface area contributed by atoms with Crippen LogP contribution < -0.4 is 5.48 Å². The third-order valence-corrected chi connectivity index (χ3v) is 6.90. The lowest BCUT2D eigenvalue weighted by Crippen LogP contribution is -2.48. The molecule has 3 atom stereocenters. The highest BCUT2D eigenvalue weighted by atomic mass is 32.2. The standard InChI is InChI=1S/C15H17F3N2O4S/c16-15(17,18)10-4-6-11(7-5-10)25(23,24)20-12-3-1-2-9(12)8-13(20)14(21)19-22/h4-7,9,12-13,22H,1-3,8H2,(H,19,21)/t9-,12-,13-/m1/s1. The summed E-state index contributed by atoms with van der Waals surface area (Å²) in [4.78, 5) is 11.6. The van der Waals surface area contributed by atoms with Crippen LogP contribution >= 0.6 is 0 Å². The van der Waals surface area contributed by atoms with Crippen molar-refractivity contribution in [3.05, 3.63) is 29.8 Å². The van der Waals surface area contributed by atoms with Crippen molar-refractivity contribution >= 4 is 15.9 Å². The molecule has 1 saturated carbocycles. The molecule has 1 heterocycles. The number of fused-ring (bicyclic) bond motifs is 1. The number of carbonyl (C=O) groups excluding carboxylic acids is 1. The predicted molar refractivity (Wildman–Crippen MR) is 79.9 cm³/mol. The molecule has 10 heteroatoms. The molecule has 1 saturated heterocycles. The Hall–Kier alpha value is -1.65. The van der Waals surface area contributed by atoms with E-state index in [1.165, 1.54) is 5.48 Å². The monoisotopic (exact) mass is 378 g/mol. The van der Waals surface area contributed by atoms with Gasteiger partial charge in [-0.15, -0.1) is 0 Å². The average Bonchev–Trinajstić information content (AvgIpc) is 3.13. The maximum absolute atomic E-state index is 13.0. The van der Waals surface area contributed by atoms with Crippen LogP contribution in [0.2, 0.25) is 0 Å². The molecule has 138 valence electrons. The molecular formula is C15H17F3N2O4S. The fourth-order valence-corrected chi connectivity index (χ4v) is 5.70. The minimum absolute atomic E-state index is 0.00604. The number of nitrogens with one attached hydrogen (secondary N) is 1. The van der Waals surface area contributed by atoms with Crippen LogP contribution in [0.5, 0.6) is 0 Å². The molecule has 1 aromatic rings. The molecule has 1 amide bonds.